The Morgan fingerprint density at radius 2 is 1.88 bits per heavy atom. The summed E-state index contributed by atoms with van der Waals surface area (Å²) in [4.78, 5) is 23.7. The number of carbonyl (C=O) groups excluding carboxylic acids is 1. The first kappa shape index (κ1) is 19.7. The molecule has 164 valence electrons. The predicted molar refractivity (Wildman–Crippen MR) is 124 cm³/mol. The van der Waals surface area contributed by atoms with Crippen LogP contribution in [-0.4, -0.2) is 36.9 Å². The van der Waals surface area contributed by atoms with E-state index in [9.17, 15) is 9.18 Å². The highest BCUT2D eigenvalue weighted by Gasteiger charge is 2.36. The Kier molecular flexibility index (Phi) is 4.33. The molecule has 1 aliphatic rings. The summed E-state index contributed by atoms with van der Waals surface area (Å²) in [5, 5.41) is 5.72. The number of rotatable bonds is 2. The van der Waals surface area contributed by atoms with E-state index in [2.05, 4.69) is 21.1 Å². The summed E-state index contributed by atoms with van der Waals surface area (Å²) in [6.45, 7) is 4.41. The first-order chi connectivity index (χ1) is 16.0. The first-order valence-electron chi connectivity index (χ1n) is 11.0. The minimum atomic E-state index is -0.366. The van der Waals surface area contributed by atoms with Crippen LogP contribution in [0, 0.1) is 19.7 Å². The maximum atomic E-state index is 13.8. The van der Waals surface area contributed by atoms with Crippen LogP contribution in [0.5, 0.6) is 0 Å². The number of nitrogens with zero attached hydrogens (tertiary/aromatic N) is 4. The third-order valence-corrected chi connectivity index (χ3v) is 6.43. The Hall–Kier alpha value is -4.00. The van der Waals surface area contributed by atoms with Crippen LogP contribution in [0.2, 0.25) is 0 Å². The second-order valence-corrected chi connectivity index (χ2v) is 8.60. The molecule has 3 aromatic heterocycles. The van der Waals surface area contributed by atoms with E-state index in [1.807, 2.05) is 43.0 Å². The van der Waals surface area contributed by atoms with Crippen LogP contribution >= 0.6 is 0 Å². The van der Waals surface area contributed by atoms with Gasteiger partial charge in [-0.15, -0.1) is 0 Å². The number of amides is 1. The molecule has 0 fully saturated rings. The number of benzene rings is 2. The molecular formula is C26H22FN5O. The van der Waals surface area contributed by atoms with E-state index >= 15 is 0 Å². The zero-order chi connectivity index (χ0) is 22.7. The number of fused-ring (bicyclic) bond motifs is 4. The molecule has 2 aromatic carbocycles. The lowest BCUT2D eigenvalue weighted by molar-refractivity contribution is 0.0685. The molecule has 0 saturated carbocycles. The topological polar surface area (TPSA) is 66.3 Å². The molecule has 1 N–H and O–H groups in total. The van der Waals surface area contributed by atoms with Gasteiger partial charge in [0.15, 0.2) is 11.3 Å². The summed E-state index contributed by atoms with van der Waals surface area (Å²) in [5.74, 6) is -0.474. The van der Waals surface area contributed by atoms with Crippen molar-refractivity contribution < 1.29 is 9.18 Å². The normalized spacial score (nSPS) is 15.8. The first-order valence-corrected chi connectivity index (χ1v) is 11.0. The van der Waals surface area contributed by atoms with Crippen LogP contribution in [-0.2, 0) is 6.42 Å². The molecule has 6 nitrogen and oxygen atoms in total. The van der Waals surface area contributed by atoms with Crippen molar-refractivity contribution in [3.05, 3.63) is 100 Å². The minimum Gasteiger partial charge on any atom is -0.356 e. The standard InChI is InChI=1S/C26H22FN5O/c1-15-13-16(2)32-23(28-15)14-22(30-32)26(33)31-12-11-20-19-5-3-4-6-21(19)29-24(20)25(31)17-7-9-18(27)10-8-17/h3-10,13-14,25,29H,11-12H2,1-2H3/t25-/m0/s1. The molecule has 4 heterocycles. The summed E-state index contributed by atoms with van der Waals surface area (Å²) in [6.07, 6.45) is 0.729. The fourth-order valence-electron chi connectivity index (χ4n) is 4.99. The van der Waals surface area contributed by atoms with Gasteiger partial charge in [0, 0.05) is 40.6 Å². The van der Waals surface area contributed by atoms with Crippen LogP contribution in [0.25, 0.3) is 16.6 Å². The quantitative estimate of drug-likeness (QED) is 0.432. The van der Waals surface area contributed by atoms with Crippen LogP contribution < -0.4 is 0 Å². The van der Waals surface area contributed by atoms with Gasteiger partial charge in [-0.05, 0) is 55.7 Å². The van der Waals surface area contributed by atoms with Gasteiger partial charge in [0.05, 0.1) is 6.04 Å². The van der Waals surface area contributed by atoms with Crippen molar-refractivity contribution >= 4 is 22.5 Å². The van der Waals surface area contributed by atoms with E-state index in [0.717, 1.165) is 40.0 Å². The molecule has 1 amide bonds. The number of nitrogens with one attached hydrogen (secondary N) is 1. The molecule has 0 spiro atoms. The second-order valence-electron chi connectivity index (χ2n) is 8.60. The monoisotopic (exact) mass is 439 g/mol. The average molecular weight is 439 g/mol. The van der Waals surface area contributed by atoms with Crippen LogP contribution in [0.15, 0.2) is 60.7 Å². The molecule has 0 bridgehead atoms. The number of halogens is 1. The van der Waals surface area contributed by atoms with Gasteiger partial charge >= 0.3 is 0 Å². The van der Waals surface area contributed by atoms with Gasteiger partial charge in [0.1, 0.15) is 5.82 Å². The lowest BCUT2D eigenvalue weighted by atomic mass is 9.92. The number of para-hydroxylation sites is 1. The Labute approximate surface area is 189 Å². The maximum Gasteiger partial charge on any atom is 0.275 e. The van der Waals surface area contributed by atoms with E-state index in [1.54, 1.807) is 22.7 Å². The van der Waals surface area contributed by atoms with Crippen molar-refractivity contribution in [2.45, 2.75) is 26.3 Å². The van der Waals surface area contributed by atoms with Crippen LogP contribution in [0.3, 0.4) is 0 Å². The number of aryl methyl sites for hydroxylation is 2. The number of aromatic amines is 1. The van der Waals surface area contributed by atoms with Gasteiger partial charge in [-0.1, -0.05) is 30.3 Å². The molecule has 7 heteroatoms. The molecule has 33 heavy (non-hydrogen) atoms. The molecule has 1 atom stereocenters. The third kappa shape index (κ3) is 3.11. The Balaban J connectivity index is 1.49. The zero-order valence-corrected chi connectivity index (χ0v) is 18.3. The number of H-pyrrole nitrogens is 1. The van der Waals surface area contributed by atoms with Crippen molar-refractivity contribution in [3.8, 4) is 0 Å². The summed E-state index contributed by atoms with van der Waals surface area (Å²) < 4.78 is 15.4. The van der Waals surface area contributed by atoms with E-state index in [1.165, 1.54) is 17.7 Å². The Morgan fingerprint density at radius 3 is 2.70 bits per heavy atom. The smallest absolute Gasteiger partial charge is 0.275 e. The van der Waals surface area contributed by atoms with E-state index in [0.29, 0.717) is 17.9 Å². The molecule has 0 radical (unpaired) electrons. The van der Waals surface area contributed by atoms with Gasteiger partial charge in [0.25, 0.3) is 5.91 Å². The lowest BCUT2D eigenvalue weighted by Gasteiger charge is -2.35. The summed E-state index contributed by atoms with van der Waals surface area (Å²) in [6, 6.07) is 17.9. The second kappa shape index (κ2) is 7.27. The van der Waals surface area contributed by atoms with Crippen LogP contribution in [0.4, 0.5) is 4.39 Å². The van der Waals surface area contributed by atoms with Gasteiger partial charge in [-0.2, -0.15) is 5.10 Å². The molecular weight excluding hydrogens is 417 g/mol. The van der Waals surface area contributed by atoms with Gasteiger partial charge in [-0.3, -0.25) is 4.79 Å². The van der Waals surface area contributed by atoms with Crippen molar-refractivity contribution in [1.82, 2.24) is 24.5 Å². The molecule has 0 aliphatic carbocycles. The predicted octanol–water partition coefficient (Wildman–Crippen LogP) is 4.75. The average Bonchev–Trinajstić information content (AvgIpc) is 3.40. The number of hydrogen-bond acceptors (Lipinski definition) is 3. The Bertz CT molecular complexity index is 1530. The maximum absolute atomic E-state index is 13.8. The SMILES string of the molecule is Cc1cc(C)n2nc(C(=O)N3CCc4c([nH]c5ccccc45)[C@@H]3c3ccc(F)cc3)cc2n1. The molecule has 0 saturated heterocycles. The zero-order valence-electron chi connectivity index (χ0n) is 18.3. The summed E-state index contributed by atoms with van der Waals surface area (Å²) >= 11 is 0. The van der Waals surface area contributed by atoms with Crippen molar-refractivity contribution in [2.24, 2.45) is 0 Å². The van der Waals surface area contributed by atoms with Crippen LogP contribution in [0.1, 0.15) is 44.7 Å². The fraction of sp³-hybridized carbons (Fsp3) is 0.192. The van der Waals surface area contributed by atoms with E-state index in [4.69, 9.17) is 0 Å². The van der Waals surface area contributed by atoms with Gasteiger partial charge in [-0.25, -0.2) is 13.9 Å². The molecule has 1 aliphatic heterocycles. The van der Waals surface area contributed by atoms with E-state index < -0.39 is 0 Å². The Morgan fingerprint density at radius 1 is 1.09 bits per heavy atom. The lowest BCUT2D eigenvalue weighted by Crippen LogP contribution is -2.40. The summed E-state index contributed by atoms with van der Waals surface area (Å²) in [7, 11) is 0. The minimum absolute atomic E-state index is 0.170. The number of aromatic nitrogens is 4. The van der Waals surface area contributed by atoms with Gasteiger partial charge < -0.3 is 9.88 Å². The number of carbonyl (C=O) groups is 1. The highest BCUT2D eigenvalue weighted by Crippen LogP contribution is 2.39. The molecule has 5 aromatic rings. The third-order valence-electron chi connectivity index (χ3n) is 6.43. The number of hydrogen-bond donors (Lipinski definition) is 1. The van der Waals surface area contributed by atoms with Crippen molar-refractivity contribution in [2.75, 3.05) is 6.54 Å². The van der Waals surface area contributed by atoms with Crippen molar-refractivity contribution in [1.29, 1.82) is 0 Å². The largest absolute Gasteiger partial charge is 0.356 e. The fourth-order valence-corrected chi connectivity index (χ4v) is 4.99. The van der Waals surface area contributed by atoms with Crippen molar-refractivity contribution in [3.63, 3.8) is 0 Å². The molecule has 6 rings (SSSR count). The highest BCUT2D eigenvalue weighted by molar-refractivity contribution is 5.95. The highest BCUT2D eigenvalue weighted by atomic mass is 19.1. The van der Waals surface area contributed by atoms with E-state index in [-0.39, 0.29) is 17.8 Å². The summed E-state index contributed by atoms with van der Waals surface area (Å²) in [5.41, 5.74) is 6.86. The van der Waals surface area contributed by atoms with Gasteiger partial charge in [0.2, 0.25) is 0 Å². The molecule has 0 unspecified atom stereocenters.